The molecule has 1 aliphatic heterocycles. The fourth-order valence-electron chi connectivity index (χ4n) is 3.59. The topological polar surface area (TPSA) is 117 Å². The fourth-order valence-corrected chi connectivity index (χ4v) is 4.97. The predicted octanol–water partition coefficient (Wildman–Crippen LogP) is 1.93. The summed E-state index contributed by atoms with van der Waals surface area (Å²) in [5.74, 6) is -1.41. The first-order valence-corrected chi connectivity index (χ1v) is 10.7. The summed E-state index contributed by atoms with van der Waals surface area (Å²) in [6, 6.07) is 2.27. The zero-order valence-electron chi connectivity index (χ0n) is 15.6. The average molecular weight is 398 g/mol. The van der Waals surface area contributed by atoms with Crippen LogP contribution in [0, 0.1) is 17.3 Å². The molecule has 0 unspecified atom stereocenters. The van der Waals surface area contributed by atoms with E-state index in [0.717, 1.165) is 25.0 Å². The number of carbonyl (C=O) groups excluding carboxylic acids is 1. The first-order valence-electron chi connectivity index (χ1n) is 9.27. The Kier molecular flexibility index (Phi) is 5.36. The lowest BCUT2D eigenvalue weighted by atomic mass is 9.91. The van der Waals surface area contributed by atoms with Crippen LogP contribution in [-0.4, -0.2) is 49.3 Å². The molecule has 0 aromatic carbocycles. The van der Waals surface area contributed by atoms with Crippen LogP contribution in [0.5, 0.6) is 0 Å². The lowest BCUT2D eigenvalue weighted by molar-refractivity contribution is -0.126. The van der Waals surface area contributed by atoms with Gasteiger partial charge in [-0.25, -0.2) is 13.2 Å². The lowest BCUT2D eigenvalue weighted by Crippen LogP contribution is -2.44. The highest BCUT2D eigenvalue weighted by Gasteiger charge is 2.45. The number of hydrogen-bond acceptors (Lipinski definition) is 5. The molecule has 150 valence electrons. The molecule has 9 heteroatoms. The van der Waals surface area contributed by atoms with Crippen LogP contribution in [0.4, 0.5) is 0 Å². The summed E-state index contributed by atoms with van der Waals surface area (Å²) in [5, 5.41) is 11.5. The van der Waals surface area contributed by atoms with Gasteiger partial charge in [0.2, 0.25) is 16.8 Å². The van der Waals surface area contributed by atoms with E-state index in [-0.39, 0.29) is 35.4 Å². The minimum absolute atomic E-state index is 0.00913. The van der Waals surface area contributed by atoms with E-state index in [4.69, 9.17) is 9.52 Å². The highest BCUT2D eigenvalue weighted by molar-refractivity contribution is 7.89. The number of furan rings is 1. The number of hydrogen-bond donors (Lipinski definition) is 2. The maximum absolute atomic E-state index is 12.6. The number of nitrogens with one attached hydrogen (secondary N) is 1. The maximum atomic E-state index is 12.6. The van der Waals surface area contributed by atoms with Gasteiger partial charge in [0.25, 0.3) is 10.0 Å². The lowest BCUT2D eigenvalue weighted by Gasteiger charge is -2.30. The molecule has 0 radical (unpaired) electrons. The van der Waals surface area contributed by atoms with Crippen LogP contribution in [0.3, 0.4) is 0 Å². The quantitative estimate of drug-likeness (QED) is 0.725. The van der Waals surface area contributed by atoms with Crippen LogP contribution in [-0.2, 0) is 14.8 Å². The molecule has 1 saturated carbocycles. The van der Waals surface area contributed by atoms with E-state index in [1.165, 1.54) is 4.31 Å². The standard InChI is InChI=1S/C18H26N2O6S/c1-12(2)18(7-8-18)11-19-16(21)13-5-9-20(10-6-13)27(24,25)15-4-3-14(26-15)17(22)23/h3-4,12-13H,5-11H2,1-2H3,(H,19,21)(H,22,23). The molecule has 1 aliphatic carbocycles. The molecule has 2 heterocycles. The monoisotopic (exact) mass is 398 g/mol. The Morgan fingerprint density at radius 1 is 1.30 bits per heavy atom. The van der Waals surface area contributed by atoms with Gasteiger partial charge in [-0.1, -0.05) is 13.8 Å². The third-order valence-corrected chi connectivity index (χ3v) is 7.72. The van der Waals surface area contributed by atoms with Crippen molar-refractivity contribution in [1.29, 1.82) is 0 Å². The van der Waals surface area contributed by atoms with Gasteiger partial charge in [0, 0.05) is 25.6 Å². The SMILES string of the molecule is CC(C)C1(CNC(=O)C2CCN(S(=O)(=O)c3ccc(C(=O)O)o3)CC2)CC1. The zero-order chi connectivity index (χ0) is 19.8. The van der Waals surface area contributed by atoms with E-state index in [1.807, 2.05) is 0 Å². The highest BCUT2D eigenvalue weighted by Crippen LogP contribution is 2.51. The molecule has 2 fully saturated rings. The Balaban J connectivity index is 1.54. The van der Waals surface area contributed by atoms with Crippen LogP contribution in [0.1, 0.15) is 50.1 Å². The van der Waals surface area contributed by atoms with Crippen LogP contribution in [0.15, 0.2) is 21.6 Å². The van der Waals surface area contributed by atoms with Gasteiger partial charge in [-0.15, -0.1) is 0 Å². The maximum Gasteiger partial charge on any atom is 0.371 e. The van der Waals surface area contributed by atoms with Crippen LogP contribution >= 0.6 is 0 Å². The van der Waals surface area contributed by atoms with Crippen molar-refractivity contribution < 1.29 is 27.5 Å². The van der Waals surface area contributed by atoms with Crippen molar-refractivity contribution in [1.82, 2.24) is 9.62 Å². The Morgan fingerprint density at radius 3 is 2.41 bits per heavy atom. The van der Waals surface area contributed by atoms with Gasteiger partial charge in [-0.2, -0.15) is 4.31 Å². The minimum Gasteiger partial charge on any atom is -0.475 e. The second-order valence-corrected chi connectivity index (χ2v) is 9.71. The van der Waals surface area contributed by atoms with Crippen molar-refractivity contribution in [3.05, 3.63) is 17.9 Å². The van der Waals surface area contributed by atoms with Crippen molar-refractivity contribution in [3.63, 3.8) is 0 Å². The molecule has 2 aliphatic rings. The van der Waals surface area contributed by atoms with Crippen molar-refractivity contribution in [2.45, 2.75) is 44.6 Å². The van der Waals surface area contributed by atoms with Gasteiger partial charge < -0.3 is 14.8 Å². The second kappa shape index (κ2) is 7.27. The third kappa shape index (κ3) is 4.03. The minimum atomic E-state index is -3.89. The normalized spacial score (nSPS) is 20.6. The van der Waals surface area contributed by atoms with Gasteiger partial charge in [0.05, 0.1) is 0 Å². The molecule has 0 spiro atoms. The van der Waals surface area contributed by atoms with E-state index in [2.05, 4.69) is 19.2 Å². The van der Waals surface area contributed by atoms with Crippen molar-refractivity contribution in [2.75, 3.05) is 19.6 Å². The Morgan fingerprint density at radius 2 is 1.93 bits per heavy atom. The van der Waals surface area contributed by atoms with Crippen LogP contribution in [0.2, 0.25) is 0 Å². The number of carbonyl (C=O) groups is 2. The summed E-state index contributed by atoms with van der Waals surface area (Å²) in [4.78, 5) is 23.3. The molecule has 1 amide bonds. The number of rotatable bonds is 7. The number of nitrogens with zero attached hydrogens (tertiary/aromatic N) is 1. The molecule has 0 atom stereocenters. The number of carboxylic acid groups (broad SMARTS) is 1. The average Bonchev–Trinajstić information content (AvgIpc) is 3.25. The van der Waals surface area contributed by atoms with Crippen molar-refractivity contribution in [3.8, 4) is 0 Å². The Labute approximate surface area is 159 Å². The summed E-state index contributed by atoms with van der Waals surface area (Å²) >= 11 is 0. The highest BCUT2D eigenvalue weighted by atomic mass is 32.2. The molecule has 0 bridgehead atoms. The Bertz CT molecular complexity index is 817. The van der Waals surface area contributed by atoms with Gasteiger partial charge in [0.15, 0.2) is 0 Å². The predicted molar refractivity (Wildman–Crippen MR) is 96.7 cm³/mol. The summed E-state index contributed by atoms with van der Waals surface area (Å²) in [6.45, 7) is 5.45. The number of amides is 1. The van der Waals surface area contributed by atoms with E-state index in [1.54, 1.807) is 0 Å². The summed E-state index contributed by atoms with van der Waals surface area (Å²) < 4.78 is 31.3. The summed E-state index contributed by atoms with van der Waals surface area (Å²) in [7, 11) is -3.89. The van der Waals surface area contributed by atoms with E-state index in [0.29, 0.717) is 25.3 Å². The smallest absolute Gasteiger partial charge is 0.371 e. The zero-order valence-corrected chi connectivity index (χ0v) is 16.4. The molecule has 2 N–H and O–H groups in total. The number of carboxylic acids is 1. The molecular formula is C18H26N2O6S. The van der Waals surface area contributed by atoms with Crippen molar-refractivity contribution in [2.24, 2.45) is 17.3 Å². The first kappa shape index (κ1) is 19.9. The molecular weight excluding hydrogens is 372 g/mol. The van der Waals surface area contributed by atoms with E-state index in [9.17, 15) is 18.0 Å². The third-order valence-electron chi connectivity index (χ3n) is 5.94. The number of aromatic carboxylic acids is 1. The van der Waals surface area contributed by atoms with Crippen LogP contribution in [0.25, 0.3) is 0 Å². The van der Waals surface area contributed by atoms with E-state index >= 15 is 0 Å². The molecule has 8 nitrogen and oxygen atoms in total. The number of piperidine rings is 1. The van der Waals surface area contributed by atoms with Crippen LogP contribution < -0.4 is 5.32 Å². The van der Waals surface area contributed by atoms with Gasteiger partial charge in [-0.05, 0) is 49.1 Å². The van der Waals surface area contributed by atoms with Gasteiger partial charge in [-0.3, -0.25) is 4.79 Å². The molecule has 1 aromatic heterocycles. The first-order chi connectivity index (χ1) is 12.7. The summed E-state index contributed by atoms with van der Waals surface area (Å²) in [6.07, 6.45) is 3.16. The van der Waals surface area contributed by atoms with Crippen molar-refractivity contribution >= 4 is 21.9 Å². The summed E-state index contributed by atoms with van der Waals surface area (Å²) in [5.41, 5.74) is 0.237. The molecule has 27 heavy (non-hydrogen) atoms. The van der Waals surface area contributed by atoms with Gasteiger partial charge >= 0.3 is 5.97 Å². The van der Waals surface area contributed by atoms with E-state index < -0.39 is 21.8 Å². The largest absolute Gasteiger partial charge is 0.475 e. The molecule has 1 saturated heterocycles. The van der Waals surface area contributed by atoms with Gasteiger partial charge in [0.1, 0.15) is 0 Å². The fraction of sp³-hybridized carbons (Fsp3) is 0.667. The second-order valence-electron chi connectivity index (χ2n) is 7.84. The molecule has 3 rings (SSSR count). The molecule has 1 aromatic rings. The number of sulfonamides is 1. The Hall–Kier alpha value is -1.87.